The maximum absolute atomic E-state index is 10.9. The number of hydrogen-bond acceptors (Lipinski definition) is 3. The van der Waals surface area contributed by atoms with Gasteiger partial charge in [0.2, 0.25) is 5.91 Å². The molecule has 13 heavy (non-hydrogen) atoms. The Kier molecular flexibility index (Phi) is 5.62. The van der Waals surface area contributed by atoms with Crippen molar-refractivity contribution < 1.29 is 14.3 Å². The molecule has 0 radical (unpaired) electrons. The average molecular weight is 189 g/mol. The van der Waals surface area contributed by atoms with Gasteiger partial charge in [0, 0.05) is 20.6 Å². The zero-order valence-electron chi connectivity index (χ0n) is 7.87. The number of nitrogens with zero attached hydrogens (tertiary/aromatic N) is 1. The lowest BCUT2D eigenvalue weighted by molar-refractivity contribution is -0.122. The van der Waals surface area contributed by atoms with E-state index in [1.165, 1.54) is 4.90 Å². The summed E-state index contributed by atoms with van der Waals surface area (Å²) in [6.07, 6.45) is 0. The first kappa shape index (κ1) is 11.7. The Morgan fingerprint density at radius 1 is 1.46 bits per heavy atom. The predicted molar refractivity (Wildman–Crippen MR) is 47.1 cm³/mol. The molecule has 6 heteroatoms. The molecule has 0 aromatic heterocycles. The lowest BCUT2D eigenvalue weighted by Crippen LogP contribution is -2.36. The van der Waals surface area contributed by atoms with E-state index in [4.69, 9.17) is 10.5 Å². The Morgan fingerprint density at radius 2 is 2.08 bits per heavy atom. The number of carbonyl (C=O) groups excluding carboxylic acids is 2. The van der Waals surface area contributed by atoms with Gasteiger partial charge in [0.1, 0.15) is 6.61 Å². The molecule has 0 aromatic rings. The summed E-state index contributed by atoms with van der Waals surface area (Å²) in [5, 5.41) is 2.57. The van der Waals surface area contributed by atoms with E-state index < -0.39 is 5.91 Å². The van der Waals surface area contributed by atoms with Crippen LogP contribution in [0.5, 0.6) is 0 Å². The number of amides is 3. The van der Waals surface area contributed by atoms with Crippen molar-refractivity contribution in [3.05, 3.63) is 0 Å². The SMILES string of the molecule is CN(C)C(=O)NCCOCC(N)=O. The van der Waals surface area contributed by atoms with Crippen LogP contribution in [-0.4, -0.2) is 50.7 Å². The third-order valence-electron chi connectivity index (χ3n) is 1.17. The molecule has 0 unspecified atom stereocenters. The first-order valence-electron chi connectivity index (χ1n) is 3.85. The van der Waals surface area contributed by atoms with Crippen molar-refractivity contribution in [2.45, 2.75) is 0 Å². The molecule has 0 atom stereocenters. The summed E-state index contributed by atoms with van der Waals surface area (Å²) in [5.41, 5.74) is 4.82. The highest BCUT2D eigenvalue weighted by atomic mass is 16.5. The molecule has 3 N–H and O–H groups in total. The molecule has 0 aromatic carbocycles. The number of urea groups is 1. The van der Waals surface area contributed by atoms with Crippen LogP contribution in [0.3, 0.4) is 0 Å². The van der Waals surface area contributed by atoms with Crippen molar-refractivity contribution >= 4 is 11.9 Å². The van der Waals surface area contributed by atoms with Gasteiger partial charge in [-0.05, 0) is 0 Å². The summed E-state index contributed by atoms with van der Waals surface area (Å²) in [4.78, 5) is 22.5. The predicted octanol–water partition coefficient (Wildman–Crippen LogP) is -1.24. The third-order valence-corrected chi connectivity index (χ3v) is 1.17. The van der Waals surface area contributed by atoms with E-state index in [1.54, 1.807) is 14.1 Å². The minimum atomic E-state index is -0.515. The number of hydrogen-bond donors (Lipinski definition) is 2. The molecule has 0 heterocycles. The van der Waals surface area contributed by atoms with Gasteiger partial charge in [-0.15, -0.1) is 0 Å². The highest BCUT2D eigenvalue weighted by Crippen LogP contribution is 1.77. The molecular weight excluding hydrogens is 174 g/mol. The minimum absolute atomic E-state index is 0.113. The first-order chi connectivity index (χ1) is 6.04. The van der Waals surface area contributed by atoms with Gasteiger partial charge in [-0.2, -0.15) is 0 Å². The Hall–Kier alpha value is -1.30. The molecule has 0 spiro atoms. The molecule has 0 bridgehead atoms. The second-order valence-electron chi connectivity index (χ2n) is 2.65. The largest absolute Gasteiger partial charge is 0.370 e. The number of carbonyl (C=O) groups is 2. The zero-order chi connectivity index (χ0) is 10.3. The number of rotatable bonds is 5. The highest BCUT2D eigenvalue weighted by molar-refractivity contribution is 5.75. The van der Waals surface area contributed by atoms with E-state index in [-0.39, 0.29) is 19.2 Å². The van der Waals surface area contributed by atoms with Crippen molar-refractivity contribution in [1.82, 2.24) is 10.2 Å². The van der Waals surface area contributed by atoms with Crippen molar-refractivity contribution in [2.75, 3.05) is 33.9 Å². The second kappa shape index (κ2) is 6.24. The smallest absolute Gasteiger partial charge is 0.316 e. The van der Waals surface area contributed by atoms with Gasteiger partial charge in [-0.3, -0.25) is 4.79 Å². The van der Waals surface area contributed by atoms with Crippen molar-refractivity contribution in [3.8, 4) is 0 Å². The molecule has 0 aliphatic rings. The van der Waals surface area contributed by atoms with Gasteiger partial charge in [0.05, 0.1) is 6.61 Å². The van der Waals surface area contributed by atoms with Crippen molar-refractivity contribution in [3.63, 3.8) is 0 Å². The van der Waals surface area contributed by atoms with E-state index in [0.717, 1.165) is 0 Å². The lowest BCUT2D eigenvalue weighted by Gasteiger charge is -2.11. The Bertz CT molecular complexity index is 182. The molecule has 0 aliphatic carbocycles. The summed E-state index contributed by atoms with van der Waals surface area (Å²) >= 11 is 0. The van der Waals surface area contributed by atoms with E-state index in [2.05, 4.69) is 5.32 Å². The lowest BCUT2D eigenvalue weighted by atomic mass is 10.6. The molecular formula is C7H15N3O3. The molecule has 0 aliphatic heterocycles. The van der Waals surface area contributed by atoms with Crippen LogP contribution in [0.1, 0.15) is 0 Å². The molecule has 3 amide bonds. The van der Waals surface area contributed by atoms with Crippen LogP contribution in [0, 0.1) is 0 Å². The molecule has 76 valence electrons. The van der Waals surface area contributed by atoms with Crippen LogP contribution in [0.2, 0.25) is 0 Å². The van der Waals surface area contributed by atoms with Crippen LogP contribution in [0.25, 0.3) is 0 Å². The van der Waals surface area contributed by atoms with Crippen LogP contribution in [-0.2, 0) is 9.53 Å². The molecule has 0 fully saturated rings. The standard InChI is InChI=1S/C7H15N3O3/c1-10(2)7(12)9-3-4-13-5-6(8)11/h3-5H2,1-2H3,(H2,8,11)(H,9,12). The Morgan fingerprint density at radius 3 is 2.54 bits per heavy atom. The first-order valence-corrected chi connectivity index (χ1v) is 3.85. The monoisotopic (exact) mass is 189 g/mol. The number of nitrogens with one attached hydrogen (secondary N) is 1. The summed E-state index contributed by atoms with van der Waals surface area (Å²) < 4.78 is 4.82. The fourth-order valence-corrected chi connectivity index (χ4v) is 0.561. The topological polar surface area (TPSA) is 84.7 Å². The fourth-order valence-electron chi connectivity index (χ4n) is 0.561. The van der Waals surface area contributed by atoms with Crippen LogP contribution in [0.15, 0.2) is 0 Å². The third kappa shape index (κ3) is 7.07. The van der Waals surface area contributed by atoms with Crippen LogP contribution >= 0.6 is 0 Å². The van der Waals surface area contributed by atoms with Crippen molar-refractivity contribution in [2.24, 2.45) is 5.73 Å². The average Bonchev–Trinajstić information content (AvgIpc) is 2.02. The molecule has 0 saturated heterocycles. The Balaban J connectivity index is 3.26. The van der Waals surface area contributed by atoms with Gasteiger partial charge < -0.3 is 20.7 Å². The number of ether oxygens (including phenoxy) is 1. The van der Waals surface area contributed by atoms with Gasteiger partial charge in [0.25, 0.3) is 0 Å². The van der Waals surface area contributed by atoms with Crippen LogP contribution < -0.4 is 11.1 Å². The minimum Gasteiger partial charge on any atom is -0.370 e. The zero-order valence-corrected chi connectivity index (χ0v) is 7.87. The van der Waals surface area contributed by atoms with Crippen LogP contribution in [0.4, 0.5) is 4.79 Å². The second-order valence-corrected chi connectivity index (χ2v) is 2.65. The van der Waals surface area contributed by atoms with E-state index in [0.29, 0.717) is 6.54 Å². The molecule has 6 nitrogen and oxygen atoms in total. The Labute approximate surface area is 77.0 Å². The van der Waals surface area contributed by atoms with Gasteiger partial charge >= 0.3 is 6.03 Å². The fraction of sp³-hybridized carbons (Fsp3) is 0.714. The summed E-state index contributed by atoms with van der Waals surface area (Å²) in [6.45, 7) is 0.532. The number of nitrogens with two attached hydrogens (primary N) is 1. The summed E-state index contributed by atoms with van der Waals surface area (Å²) in [5.74, 6) is -0.515. The normalized spacial score (nSPS) is 9.38. The summed E-state index contributed by atoms with van der Waals surface area (Å²) in [6, 6.07) is -0.192. The van der Waals surface area contributed by atoms with Gasteiger partial charge in [-0.25, -0.2) is 4.79 Å². The van der Waals surface area contributed by atoms with E-state index in [9.17, 15) is 9.59 Å². The quantitative estimate of drug-likeness (QED) is 0.530. The number of primary amides is 1. The molecule has 0 rings (SSSR count). The van der Waals surface area contributed by atoms with Gasteiger partial charge in [-0.1, -0.05) is 0 Å². The van der Waals surface area contributed by atoms with Crippen molar-refractivity contribution in [1.29, 1.82) is 0 Å². The summed E-state index contributed by atoms with van der Waals surface area (Å²) in [7, 11) is 3.28. The molecule has 0 saturated carbocycles. The maximum Gasteiger partial charge on any atom is 0.316 e. The van der Waals surface area contributed by atoms with Gasteiger partial charge in [0.15, 0.2) is 0 Å². The highest BCUT2D eigenvalue weighted by Gasteiger charge is 2.00. The van der Waals surface area contributed by atoms with E-state index in [1.807, 2.05) is 0 Å². The van der Waals surface area contributed by atoms with E-state index >= 15 is 0 Å². The maximum atomic E-state index is 10.9.